The van der Waals surface area contributed by atoms with E-state index in [-0.39, 0.29) is 10.6 Å². The van der Waals surface area contributed by atoms with Crippen LogP contribution in [0.4, 0.5) is 8.78 Å². The number of hydrogen-bond donors (Lipinski definition) is 0. The van der Waals surface area contributed by atoms with E-state index in [1.807, 2.05) is 0 Å². The first-order valence-corrected chi connectivity index (χ1v) is 3.86. The predicted octanol–water partition coefficient (Wildman–Crippen LogP) is 3.29. The highest BCUT2D eigenvalue weighted by Crippen LogP contribution is 2.56. The van der Waals surface area contributed by atoms with Gasteiger partial charge in [-0.05, 0) is 5.56 Å². The van der Waals surface area contributed by atoms with E-state index >= 15 is 0 Å². The van der Waals surface area contributed by atoms with Crippen LogP contribution in [-0.2, 0) is 0 Å². The molecule has 0 spiro atoms. The second-order valence-corrected chi connectivity index (χ2v) is 3.01. The van der Waals surface area contributed by atoms with Crippen LogP contribution in [0.15, 0.2) is 35.4 Å². The SMILES string of the molecule is FC1(F)C(Cl)=C1c1ccccc1. The number of alkyl halides is 2. The minimum absolute atomic E-state index is 0.0373. The standard InChI is InChI=1S/C9H5ClF2/c10-8-7(9(8,11)12)6-4-2-1-3-5-6/h1-5H. The van der Waals surface area contributed by atoms with Crippen LogP contribution in [0.1, 0.15) is 5.56 Å². The van der Waals surface area contributed by atoms with Crippen molar-refractivity contribution in [2.75, 3.05) is 0 Å². The Morgan fingerprint density at radius 3 is 2.00 bits per heavy atom. The molecule has 62 valence electrons. The Labute approximate surface area is 73.5 Å². The molecule has 1 aliphatic carbocycles. The van der Waals surface area contributed by atoms with Crippen molar-refractivity contribution in [1.29, 1.82) is 0 Å². The third-order valence-corrected chi connectivity index (χ3v) is 2.24. The van der Waals surface area contributed by atoms with E-state index in [0.29, 0.717) is 5.56 Å². The van der Waals surface area contributed by atoms with Gasteiger partial charge in [-0.1, -0.05) is 41.9 Å². The zero-order valence-electron chi connectivity index (χ0n) is 6.02. The molecular weight excluding hydrogens is 182 g/mol. The van der Waals surface area contributed by atoms with Crippen molar-refractivity contribution >= 4 is 17.2 Å². The third kappa shape index (κ3) is 0.950. The summed E-state index contributed by atoms with van der Waals surface area (Å²) in [6.45, 7) is 0. The van der Waals surface area contributed by atoms with Crippen LogP contribution in [0.2, 0.25) is 0 Å². The van der Waals surface area contributed by atoms with Gasteiger partial charge in [0, 0.05) is 0 Å². The maximum Gasteiger partial charge on any atom is 0.311 e. The summed E-state index contributed by atoms with van der Waals surface area (Å²) in [5, 5.41) is -0.325. The van der Waals surface area contributed by atoms with Crippen molar-refractivity contribution in [3.05, 3.63) is 40.9 Å². The van der Waals surface area contributed by atoms with Gasteiger partial charge in [0.1, 0.15) is 5.03 Å². The van der Waals surface area contributed by atoms with Gasteiger partial charge in [0.25, 0.3) is 0 Å². The summed E-state index contributed by atoms with van der Waals surface area (Å²) < 4.78 is 25.3. The van der Waals surface area contributed by atoms with Crippen LogP contribution in [0.3, 0.4) is 0 Å². The van der Waals surface area contributed by atoms with Gasteiger partial charge in [0.05, 0.1) is 5.57 Å². The van der Waals surface area contributed by atoms with Gasteiger partial charge in [-0.25, -0.2) is 0 Å². The van der Waals surface area contributed by atoms with Crippen molar-refractivity contribution < 1.29 is 8.78 Å². The predicted molar refractivity (Wildman–Crippen MR) is 44.2 cm³/mol. The molecule has 0 fully saturated rings. The van der Waals surface area contributed by atoms with Gasteiger partial charge in [-0.3, -0.25) is 0 Å². The highest BCUT2D eigenvalue weighted by atomic mass is 35.5. The number of halogens is 3. The maximum atomic E-state index is 12.7. The molecule has 1 aromatic carbocycles. The summed E-state index contributed by atoms with van der Waals surface area (Å²) in [6.07, 6.45) is 0. The largest absolute Gasteiger partial charge is 0.311 e. The van der Waals surface area contributed by atoms with Crippen molar-refractivity contribution in [3.63, 3.8) is 0 Å². The van der Waals surface area contributed by atoms with Crippen LogP contribution < -0.4 is 0 Å². The van der Waals surface area contributed by atoms with Crippen molar-refractivity contribution in [2.24, 2.45) is 0 Å². The summed E-state index contributed by atoms with van der Waals surface area (Å²) in [7, 11) is 0. The fourth-order valence-electron chi connectivity index (χ4n) is 1.12. The molecule has 3 heteroatoms. The second kappa shape index (κ2) is 2.30. The maximum absolute atomic E-state index is 12.7. The average Bonchev–Trinajstić information content (AvgIpc) is 2.53. The smallest absolute Gasteiger partial charge is 0.195 e. The molecule has 0 amide bonds. The van der Waals surface area contributed by atoms with Crippen molar-refractivity contribution in [3.8, 4) is 0 Å². The lowest BCUT2D eigenvalue weighted by atomic mass is 10.2. The molecule has 0 atom stereocenters. The molecule has 0 saturated heterocycles. The molecule has 1 aromatic rings. The lowest BCUT2D eigenvalue weighted by Crippen LogP contribution is -1.94. The highest BCUT2D eigenvalue weighted by Gasteiger charge is 2.55. The highest BCUT2D eigenvalue weighted by molar-refractivity contribution is 6.40. The first-order chi connectivity index (χ1) is 5.64. The Kier molecular flexibility index (Phi) is 1.48. The summed E-state index contributed by atoms with van der Waals surface area (Å²) in [5.74, 6) is -2.87. The number of allylic oxidation sites excluding steroid dienone is 2. The quantitative estimate of drug-likeness (QED) is 0.632. The lowest BCUT2D eigenvalue weighted by molar-refractivity contribution is 0.155. The molecule has 0 heterocycles. The molecule has 0 saturated carbocycles. The zero-order chi connectivity index (χ0) is 8.77. The monoisotopic (exact) mass is 186 g/mol. The topological polar surface area (TPSA) is 0 Å². The van der Waals surface area contributed by atoms with Gasteiger partial charge in [-0.2, -0.15) is 8.78 Å². The molecule has 2 rings (SSSR count). The first kappa shape index (κ1) is 7.74. The Morgan fingerprint density at radius 2 is 1.58 bits per heavy atom. The Hall–Kier alpha value is -0.890. The van der Waals surface area contributed by atoms with Gasteiger partial charge in [0.15, 0.2) is 0 Å². The molecule has 0 unspecified atom stereocenters. The van der Waals surface area contributed by atoms with Gasteiger partial charge < -0.3 is 0 Å². The number of hydrogen-bond acceptors (Lipinski definition) is 0. The molecule has 0 aromatic heterocycles. The molecular formula is C9H5ClF2. The normalized spacial score (nSPS) is 19.6. The van der Waals surface area contributed by atoms with E-state index in [9.17, 15) is 8.78 Å². The Bertz CT molecular complexity index is 341. The van der Waals surface area contributed by atoms with Gasteiger partial charge in [-0.15, -0.1) is 0 Å². The Balaban J connectivity index is 2.37. The van der Waals surface area contributed by atoms with E-state index in [2.05, 4.69) is 0 Å². The van der Waals surface area contributed by atoms with Crippen LogP contribution in [0.5, 0.6) is 0 Å². The Morgan fingerprint density at radius 1 is 1.08 bits per heavy atom. The first-order valence-electron chi connectivity index (χ1n) is 3.48. The van der Waals surface area contributed by atoms with Crippen LogP contribution >= 0.6 is 11.6 Å². The van der Waals surface area contributed by atoms with E-state index in [0.717, 1.165) is 0 Å². The molecule has 1 aliphatic rings. The summed E-state index contributed by atoms with van der Waals surface area (Å²) in [6, 6.07) is 8.44. The van der Waals surface area contributed by atoms with Crippen LogP contribution in [0, 0.1) is 0 Å². The van der Waals surface area contributed by atoms with E-state index in [4.69, 9.17) is 11.6 Å². The van der Waals surface area contributed by atoms with Crippen molar-refractivity contribution in [2.45, 2.75) is 5.92 Å². The molecule has 0 nitrogen and oxygen atoms in total. The van der Waals surface area contributed by atoms with E-state index in [1.165, 1.54) is 0 Å². The molecule has 12 heavy (non-hydrogen) atoms. The number of rotatable bonds is 1. The zero-order valence-corrected chi connectivity index (χ0v) is 6.78. The fraction of sp³-hybridized carbons (Fsp3) is 0.111. The number of benzene rings is 1. The molecule has 0 bridgehead atoms. The minimum Gasteiger partial charge on any atom is -0.195 e. The molecule has 0 aliphatic heterocycles. The van der Waals surface area contributed by atoms with Crippen LogP contribution in [-0.4, -0.2) is 5.92 Å². The molecule has 0 N–H and O–H groups in total. The molecule has 0 radical (unpaired) electrons. The van der Waals surface area contributed by atoms with Crippen molar-refractivity contribution in [1.82, 2.24) is 0 Å². The summed E-state index contributed by atoms with van der Waals surface area (Å²) in [5.41, 5.74) is 0.470. The average molecular weight is 187 g/mol. The summed E-state index contributed by atoms with van der Waals surface area (Å²) >= 11 is 5.31. The van der Waals surface area contributed by atoms with Gasteiger partial charge >= 0.3 is 5.92 Å². The van der Waals surface area contributed by atoms with E-state index in [1.54, 1.807) is 30.3 Å². The van der Waals surface area contributed by atoms with Crippen LogP contribution in [0.25, 0.3) is 5.57 Å². The third-order valence-electron chi connectivity index (χ3n) is 1.81. The lowest BCUT2D eigenvalue weighted by Gasteiger charge is -1.95. The van der Waals surface area contributed by atoms with Gasteiger partial charge in [0.2, 0.25) is 0 Å². The summed E-state index contributed by atoms with van der Waals surface area (Å²) in [4.78, 5) is 0. The minimum atomic E-state index is -2.87. The second-order valence-electron chi connectivity index (χ2n) is 2.63. The fourth-order valence-corrected chi connectivity index (χ4v) is 1.40. The van der Waals surface area contributed by atoms with E-state index < -0.39 is 5.92 Å².